The van der Waals surface area contributed by atoms with E-state index in [-0.39, 0.29) is 11.9 Å². The van der Waals surface area contributed by atoms with E-state index in [4.69, 9.17) is 4.74 Å². The van der Waals surface area contributed by atoms with Crippen molar-refractivity contribution in [2.45, 2.75) is 33.7 Å². The summed E-state index contributed by atoms with van der Waals surface area (Å²) >= 11 is 0. The second-order valence-corrected chi connectivity index (χ2v) is 5.82. The Morgan fingerprint density at radius 2 is 1.68 bits per heavy atom. The molecule has 0 fully saturated rings. The summed E-state index contributed by atoms with van der Waals surface area (Å²) in [6.07, 6.45) is 0. The molecular formula is C19H23NO2. The lowest BCUT2D eigenvalue weighted by Gasteiger charge is -2.16. The topological polar surface area (TPSA) is 38.3 Å². The van der Waals surface area contributed by atoms with E-state index in [9.17, 15) is 4.79 Å². The smallest absolute Gasteiger partial charge is 0.251 e. The molecule has 0 saturated carbocycles. The molecule has 22 heavy (non-hydrogen) atoms. The molecule has 0 saturated heterocycles. The number of amides is 1. The third-order valence-corrected chi connectivity index (χ3v) is 3.54. The van der Waals surface area contributed by atoms with Crippen molar-refractivity contribution in [3.63, 3.8) is 0 Å². The number of rotatable bonds is 5. The number of hydrogen-bond acceptors (Lipinski definition) is 2. The molecule has 0 aliphatic carbocycles. The number of benzene rings is 2. The van der Waals surface area contributed by atoms with E-state index >= 15 is 0 Å². The fourth-order valence-corrected chi connectivity index (χ4v) is 2.18. The number of ether oxygens (including phenoxy) is 1. The van der Waals surface area contributed by atoms with E-state index in [1.54, 1.807) is 0 Å². The molecule has 1 unspecified atom stereocenters. The van der Waals surface area contributed by atoms with Gasteiger partial charge in [-0.25, -0.2) is 0 Å². The van der Waals surface area contributed by atoms with Crippen LogP contribution < -0.4 is 10.1 Å². The van der Waals surface area contributed by atoms with Gasteiger partial charge in [-0.2, -0.15) is 0 Å². The van der Waals surface area contributed by atoms with Gasteiger partial charge < -0.3 is 10.1 Å². The maximum absolute atomic E-state index is 12.3. The summed E-state index contributed by atoms with van der Waals surface area (Å²) in [6, 6.07) is 13.7. The summed E-state index contributed by atoms with van der Waals surface area (Å²) in [5.74, 6) is 0.764. The number of aryl methyl sites for hydroxylation is 3. The van der Waals surface area contributed by atoms with Crippen LogP contribution in [0.5, 0.6) is 5.75 Å². The summed E-state index contributed by atoms with van der Waals surface area (Å²) < 4.78 is 5.70. The normalized spacial score (nSPS) is 11.8. The van der Waals surface area contributed by atoms with E-state index < -0.39 is 0 Å². The van der Waals surface area contributed by atoms with Gasteiger partial charge in [-0.3, -0.25) is 4.79 Å². The number of carbonyl (C=O) groups is 1. The van der Waals surface area contributed by atoms with E-state index in [0.717, 1.165) is 22.4 Å². The van der Waals surface area contributed by atoms with Gasteiger partial charge in [0, 0.05) is 5.56 Å². The highest BCUT2D eigenvalue weighted by Gasteiger charge is 2.12. The van der Waals surface area contributed by atoms with Gasteiger partial charge in [0.2, 0.25) is 0 Å². The molecule has 0 spiro atoms. The van der Waals surface area contributed by atoms with Crippen molar-refractivity contribution in [3.05, 3.63) is 64.7 Å². The average molecular weight is 297 g/mol. The van der Waals surface area contributed by atoms with E-state index in [0.29, 0.717) is 6.61 Å². The Kier molecular flexibility index (Phi) is 5.21. The van der Waals surface area contributed by atoms with Crippen LogP contribution in [0, 0.1) is 20.8 Å². The Balaban J connectivity index is 1.91. The molecule has 116 valence electrons. The minimum atomic E-state index is -0.0614. The predicted octanol–water partition coefficient (Wildman–Crippen LogP) is 3.81. The lowest BCUT2D eigenvalue weighted by atomic mass is 10.0. The van der Waals surface area contributed by atoms with Crippen LogP contribution in [0.3, 0.4) is 0 Å². The predicted molar refractivity (Wildman–Crippen MR) is 89.5 cm³/mol. The Morgan fingerprint density at radius 1 is 1.05 bits per heavy atom. The van der Waals surface area contributed by atoms with Gasteiger partial charge in [0.1, 0.15) is 12.4 Å². The van der Waals surface area contributed by atoms with Gasteiger partial charge in [0.25, 0.3) is 5.91 Å². The molecule has 0 aliphatic rings. The standard InChI is InChI=1S/C19H23NO2/c1-13-6-9-17(10-7-13)22-12-16(4)20-19(21)18-11-14(2)5-8-15(18)3/h5-11,16H,12H2,1-4H3,(H,20,21). The van der Waals surface area contributed by atoms with Crippen LogP contribution in [0.1, 0.15) is 34.0 Å². The highest BCUT2D eigenvalue weighted by molar-refractivity contribution is 5.96. The Hall–Kier alpha value is -2.29. The van der Waals surface area contributed by atoms with Crippen LogP contribution in [-0.4, -0.2) is 18.6 Å². The van der Waals surface area contributed by atoms with Crippen LogP contribution in [-0.2, 0) is 0 Å². The fraction of sp³-hybridized carbons (Fsp3) is 0.316. The molecule has 3 heteroatoms. The second-order valence-electron chi connectivity index (χ2n) is 5.82. The minimum absolute atomic E-state index is 0.0544. The number of hydrogen-bond donors (Lipinski definition) is 1. The summed E-state index contributed by atoms with van der Waals surface area (Å²) in [4.78, 5) is 12.3. The van der Waals surface area contributed by atoms with Crippen LogP contribution >= 0.6 is 0 Å². The first-order valence-electron chi connectivity index (χ1n) is 7.53. The molecule has 1 atom stereocenters. The summed E-state index contributed by atoms with van der Waals surface area (Å²) in [7, 11) is 0. The van der Waals surface area contributed by atoms with Gasteiger partial charge in [-0.15, -0.1) is 0 Å². The maximum Gasteiger partial charge on any atom is 0.251 e. The molecule has 0 aromatic heterocycles. The fourth-order valence-electron chi connectivity index (χ4n) is 2.18. The lowest BCUT2D eigenvalue weighted by Crippen LogP contribution is -2.37. The average Bonchev–Trinajstić information content (AvgIpc) is 2.49. The molecule has 2 aromatic rings. The quantitative estimate of drug-likeness (QED) is 0.911. The molecule has 0 bridgehead atoms. The van der Waals surface area contributed by atoms with Gasteiger partial charge in [-0.05, 0) is 51.5 Å². The van der Waals surface area contributed by atoms with Crippen molar-refractivity contribution in [1.29, 1.82) is 0 Å². The molecule has 0 radical (unpaired) electrons. The highest BCUT2D eigenvalue weighted by Crippen LogP contribution is 2.13. The van der Waals surface area contributed by atoms with Crippen LogP contribution in [0.15, 0.2) is 42.5 Å². The zero-order valence-electron chi connectivity index (χ0n) is 13.6. The summed E-state index contributed by atoms with van der Waals surface area (Å²) in [5, 5.41) is 2.98. The van der Waals surface area contributed by atoms with Gasteiger partial charge >= 0.3 is 0 Å². The van der Waals surface area contributed by atoms with E-state index in [1.807, 2.05) is 70.2 Å². The molecular weight excluding hydrogens is 274 g/mol. The molecule has 3 nitrogen and oxygen atoms in total. The van der Waals surface area contributed by atoms with Crippen LogP contribution in [0.25, 0.3) is 0 Å². The highest BCUT2D eigenvalue weighted by atomic mass is 16.5. The SMILES string of the molecule is Cc1ccc(OCC(C)NC(=O)c2cc(C)ccc2C)cc1. The van der Waals surface area contributed by atoms with Crippen molar-refractivity contribution >= 4 is 5.91 Å². The largest absolute Gasteiger partial charge is 0.491 e. The first-order chi connectivity index (χ1) is 10.5. The van der Waals surface area contributed by atoms with Crippen molar-refractivity contribution < 1.29 is 9.53 Å². The van der Waals surface area contributed by atoms with E-state index in [1.165, 1.54) is 5.56 Å². The first kappa shape index (κ1) is 16.1. The van der Waals surface area contributed by atoms with E-state index in [2.05, 4.69) is 5.32 Å². The summed E-state index contributed by atoms with van der Waals surface area (Å²) in [6.45, 7) is 8.36. The van der Waals surface area contributed by atoms with Crippen LogP contribution in [0.2, 0.25) is 0 Å². The molecule has 2 aromatic carbocycles. The van der Waals surface area contributed by atoms with Gasteiger partial charge in [0.15, 0.2) is 0 Å². The van der Waals surface area contributed by atoms with Gasteiger partial charge in [-0.1, -0.05) is 35.4 Å². The lowest BCUT2D eigenvalue weighted by molar-refractivity contribution is 0.0926. The maximum atomic E-state index is 12.3. The number of carbonyl (C=O) groups excluding carboxylic acids is 1. The van der Waals surface area contributed by atoms with Crippen molar-refractivity contribution in [2.75, 3.05) is 6.61 Å². The first-order valence-corrected chi connectivity index (χ1v) is 7.53. The van der Waals surface area contributed by atoms with Crippen molar-refractivity contribution in [3.8, 4) is 5.75 Å². The molecule has 2 rings (SSSR count). The minimum Gasteiger partial charge on any atom is -0.491 e. The third-order valence-electron chi connectivity index (χ3n) is 3.54. The van der Waals surface area contributed by atoms with Crippen molar-refractivity contribution in [1.82, 2.24) is 5.32 Å². The zero-order chi connectivity index (χ0) is 16.1. The number of nitrogens with one attached hydrogen (secondary N) is 1. The molecule has 1 N–H and O–H groups in total. The molecule has 1 amide bonds. The zero-order valence-corrected chi connectivity index (χ0v) is 13.6. The molecule has 0 aliphatic heterocycles. The Labute approximate surface area is 132 Å². The monoisotopic (exact) mass is 297 g/mol. The second kappa shape index (κ2) is 7.12. The third kappa shape index (κ3) is 4.35. The van der Waals surface area contributed by atoms with Crippen molar-refractivity contribution in [2.24, 2.45) is 0 Å². The molecule has 0 heterocycles. The summed E-state index contributed by atoms with van der Waals surface area (Å²) in [5.41, 5.74) is 3.99. The van der Waals surface area contributed by atoms with Crippen LogP contribution in [0.4, 0.5) is 0 Å². The Bertz CT molecular complexity index is 647. The Morgan fingerprint density at radius 3 is 2.36 bits per heavy atom. The van der Waals surface area contributed by atoms with Gasteiger partial charge in [0.05, 0.1) is 6.04 Å².